The normalized spacial score (nSPS) is 33.8. The lowest BCUT2D eigenvalue weighted by molar-refractivity contribution is -0.134. The minimum absolute atomic E-state index is 0.0157. The molecule has 1 saturated heterocycles. The van der Waals surface area contributed by atoms with Crippen molar-refractivity contribution in [3.63, 3.8) is 0 Å². The molecule has 5 nitrogen and oxygen atoms in total. The molecule has 1 spiro atoms. The summed E-state index contributed by atoms with van der Waals surface area (Å²) < 4.78 is 0. The molecule has 3 rings (SSSR count). The van der Waals surface area contributed by atoms with Gasteiger partial charge < -0.3 is 15.3 Å². The summed E-state index contributed by atoms with van der Waals surface area (Å²) in [5, 5.41) is 13.2. The summed E-state index contributed by atoms with van der Waals surface area (Å²) in [5.74, 6) is 0.273. The molecule has 0 aromatic rings. The van der Waals surface area contributed by atoms with Crippen LogP contribution < -0.4 is 5.32 Å². The Balaban J connectivity index is 1.49. The van der Waals surface area contributed by atoms with E-state index in [9.17, 15) is 14.7 Å². The van der Waals surface area contributed by atoms with Gasteiger partial charge in [-0.1, -0.05) is 0 Å². The number of amides is 2. The van der Waals surface area contributed by atoms with Crippen molar-refractivity contribution in [2.45, 2.75) is 88.3 Å². The maximum Gasteiger partial charge on any atom is 0.223 e. The first kappa shape index (κ1) is 15.8. The van der Waals surface area contributed by atoms with Gasteiger partial charge in [0.15, 0.2) is 0 Å². The Kier molecular flexibility index (Phi) is 4.19. The molecule has 0 unspecified atom stereocenters. The monoisotopic (exact) mass is 308 g/mol. The zero-order chi connectivity index (χ0) is 15.8. The molecule has 5 heteroatoms. The number of hydrogen-bond donors (Lipinski definition) is 2. The van der Waals surface area contributed by atoms with Crippen molar-refractivity contribution in [2.75, 3.05) is 6.54 Å². The Morgan fingerprint density at radius 2 is 1.95 bits per heavy atom. The van der Waals surface area contributed by atoms with E-state index in [0.29, 0.717) is 6.42 Å². The zero-order valence-corrected chi connectivity index (χ0v) is 13.6. The second-order valence-corrected chi connectivity index (χ2v) is 7.46. The molecule has 2 N–H and O–H groups in total. The quantitative estimate of drug-likeness (QED) is 0.831. The summed E-state index contributed by atoms with van der Waals surface area (Å²) in [6, 6.07) is 0.205. The molecule has 0 aromatic carbocycles. The van der Waals surface area contributed by atoms with Gasteiger partial charge in [-0.15, -0.1) is 0 Å². The van der Waals surface area contributed by atoms with Gasteiger partial charge in [-0.2, -0.15) is 0 Å². The van der Waals surface area contributed by atoms with Gasteiger partial charge in [0.1, 0.15) is 0 Å². The van der Waals surface area contributed by atoms with Crippen molar-refractivity contribution in [1.29, 1.82) is 0 Å². The number of carbonyl (C=O) groups excluding carboxylic acids is 2. The fourth-order valence-electron chi connectivity index (χ4n) is 4.54. The molecule has 2 saturated carbocycles. The Morgan fingerprint density at radius 1 is 1.27 bits per heavy atom. The number of nitrogens with one attached hydrogen (secondary N) is 1. The maximum absolute atomic E-state index is 12.1. The van der Waals surface area contributed by atoms with Gasteiger partial charge >= 0.3 is 0 Å². The Hall–Kier alpha value is -1.10. The van der Waals surface area contributed by atoms with Crippen molar-refractivity contribution in [2.24, 2.45) is 0 Å². The minimum atomic E-state index is -0.739. The highest BCUT2D eigenvalue weighted by atomic mass is 16.3. The number of aliphatic hydroxyl groups is 1. The highest BCUT2D eigenvalue weighted by molar-refractivity contribution is 5.80. The molecule has 0 radical (unpaired) electrons. The summed E-state index contributed by atoms with van der Waals surface area (Å²) in [4.78, 5) is 26.1. The molecule has 1 aliphatic heterocycles. The van der Waals surface area contributed by atoms with Crippen molar-refractivity contribution >= 4 is 11.8 Å². The number of carbonyl (C=O) groups is 2. The summed E-state index contributed by atoms with van der Waals surface area (Å²) in [7, 11) is 0. The van der Waals surface area contributed by atoms with Crippen molar-refractivity contribution in [3.05, 3.63) is 0 Å². The van der Waals surface area contributed by atoms with Crippen LogP contribution >= 0.6 is 0 Å². The predicted octanol–water partition coefficient (Wildman–Crippen LogP) is 1.73. The Morgan fingerprint density at radius 3 is 2.50 bits per heavy atom. The van der Waals surface area contributed by atoms with Crippen LogP contribution in [0.1, 0.15) is 71.1 Å². The largest absolute Gasteiger partial charge is 0.389 e. The highest BCUT2D eigenvalue weighted by Gasteiger charge is 2.46. The first-order valence-corrected chi connectivity index (χ1v) is 8.79. The molecule has 22 heavy (non-hydrogen) atoms. The fourth-order valence-corrected chi connectivity index (χ4v) is 4.54. The van der Waals surface area contributed by atoms with Crippen LogP contribution in [0.2, 0.25) is 0 Å². The average Bonchev–Trinajstić information content (AvgIpc) is 2.76. The average molecular weight is 308 g/mol. The lowest BCUT2D eigenvalue weighted by Gasteiger charge is -2.44. The second kappa shape index (κ2) is 5.84. The van der Waals surface area contributed by atoms with E-state index in [2.05, 4.69) is 17.1 Å². The Bertz CT molecular complexity index is 451. The van der Waals surface area contributed by atoms with Gasteiger partial charge in [-0.05, 0) is 58.3 Å². The molecular formula is C17H28N2O3. The topological polar surface area (TPSA) is 69.6 Å². The van der Waals surface area contributed by atoms with Crippen LogP contribution in [0.4, 0.5) is 0 Å². The summed E-state index contributed by atoms with van der Waals surface area (Å²) in [6.07, 6.45) is 8.28. The first-order valence-electron chi connectivity index (χ1n) is 8.79. The van der Waals surface area contributed by atoms with Crippen LogP contribution in [0.3, 0.4) is 0 Å². The van der Waals surface area contributed by atoms with Gasteiger partial charge in [-0.25, -0.2) is 0 Å². The van der Waals surface area contributed by atoms with Gasteiger partial charge in [0.2, 0.25) is 11.8 Å². The summed E-state index contributed by atoms with van der Waals surface area (Å²) >= 11 is 0. The molecule has 1 heterocycles. The van der Waals surface area contributed by atoms with Gasteiger partial charge in [0.05, 0.1) is 12.0 Å². The highest BCUT2D eigenvalue weighted by Crippen LogP contribution is 2.42. The van der Waals surface area contributed by atoms with E-state index in [4.69, 9.17) is 0 Å². The SMILES string of the molecule is CCN1C(=O)CCC12CCC(NC(=O)CC1(O)CCC1)CC2. The molecule has 0 aromatic heterocycles. The van der Waals surface area contributed by atoms with Crippen LogP contribution in [0.15, 0.2) is 0 Å². The third kappa shape index (κ3) is 2.87. The molecule has 2 amide bonds. The first-order chi connectivity index (χ1) is 10.5. The maximum atomic E-state index is 12.1. The minimum Gasteiger partial charge on any atom is -0.389 e. The number of nitrogens with zero attached hydrogens (tertiary/aromatic N) is 1. The predicted molar refractivity (Wildman–Crippen MR) is 83.2 cm³/mol. The van der Waals surface area contributed by atoms with Crippen LogP contribution in [-0.2, 0) is 9.59 Å². The third-order valence-corrected chi connectivity index (χ3v) is 6.05. The third-order valence-electron chi connectivity index (χ3n) is 6.05. The van der Waals surface area contributed by atoms with Crippen LogP contribution in [0.25, 0.3) is 0 Å². The van der Waals surface area contributed by atoms with Crippen molar-refractivity contribution < 1.29 is 14.7 Å². The fraction of sp³-hybridized carbons (Fsp3) is 0.882. The molecule has 2 aliphatic carbocycles. The lowest BCUT2D eigenvalue weighted by Crippen LogP contribution is -2.52. The molecule has 3 fully saturated rings. The van der Waals surface area contributed by atoms with E-state index >= 15 is 0 Å². The van der Waals surface area contributed by atoms with E-state index in [-0.39, 0.29) is 29.8 Å². The summed E-state index contributed by atoms with van der Waals surface area (Å²) in [6.45, 7) is 2.85. The van der Waals surface area contributed by atoms with Crippen LogP contribution in [-0.4, -0.2) is 45.5 Å². The number of likely N-dealkylation sites (tertiary alicyclic amines) is 1. The molecule has 0 atom stereocenters. The van der Waals surface area contributed by atoms with E-state index < -0.39 is 5.60 Å². The van der Waals surface area contributed by atoms with Gasteiger partial charge in [-0.3, -0.25) is 9.59 Å². The Labute approximate surface area is 132 Å². The zero-order valence-electron chi connectivity index (χ0n) is 13.6. The van der Waals surface area contributed by atoms with E-state index in [1.807, 2.05) is 0 Å². The van der Waals surface area contributed by atoms with Crippen LogP contribution in [0.5, 0.6) is 0 Å². The van der Waals surface area contributed by atoms with E-state index in [1.54, 1.807) is 0 Å². The second-order valence-electron chi connectivity index (χ2n) is 7.46. The van der Waals surface area contributed by atoms with E-state index in [1.165, 1.54) is 0 Å². The van der Waals surface area contributed by atoms with E-state index in [0.717, 1.165) is 57.9 Å². The number of rotatable bonds is 4. The molecule has 124 valence electrons. The van der Waals surface area contributed by atoms with Crippen molar-refractivity contribution in [1.82, 2.24) is 10.2 Å². The smallest absolute Gasteiger partial charge is 0.223 e. The summed E-state index contributed by atoms with van der Waals surface area (Å²) in [5.41, 5.74) is -0.684. The number of hydrogen-bond acceptors (Lipinski definition) is 3. The van der Waals surface area contributed by atoms with Gasteiger partial charge in [0.25, 0.3) is 0 Å². The molecule has 0 bridgehead atoms. The van der Waals surface area contributed by atoms with Gasteiger partial charge in [0, 0.05) is 24.5 Å². The molecular weight excluding hydrogens is 280 g/mol. The van der Waals surface area contributed by atoms with Crippen LogP contribution in [0, 0.1) is 0 Å². The molecule has 3 aliphatic rings. The van der Waals surface area contributed by atoms with Crippen molar-refractivity contribution in [3.8, 4) is 0 Å². The lowest BCUT2D eigenvalue weighted by atomic mass is 9.76. The standard InChI is InChI=1S/C17H28N2O3/c1-2-19-15(21)6-11-16(19)9-4-13(5-10-16)18-14(20)12-17(22)7-3-8-17/h13,22H,2-12H2,1H3,(H,18,20).